The molecule has 1 rings (SSSR count). The van der Waals surface area contributed by atoms with Crippen molar-refractivity contribution in [2.45, 2.75) is 84.9 Å². The standard InChI is InChI=1S/C29H51N3O6/c1-18(2)22(14-21-9-10-26(37-7)27(15-21)38-12-8-11-36-6)16-24(30)25(33)17-23(19(3)4)29(35)32-20(5)13-28(31)34/h9-10,15,18-20,22-25,33H,8,11-14,16-17,30H2,1-7H3,(H2,31,34)(H,32,35)/t20-,22-,23-,24-,25-/m0/s1. The van der Waals surface area contributed by atoms with E-state index in [2.05, 4.69) is 19.2 Å². The number of primary amides is 1. The zero-order valence-corrected chi connectivity index (χ0v) is 24.4. The molecule has 0 aromatic heterocycles. The van der Waals surface area contributed by atoms with E-state index in [1.54, 1.807) is 21.1 Å². The third kappa shape index (κ3) is 12.0. The average Bonchev–Trinajstić information content (AvgIpc) is 2.83. The molecule has 0 radical (unpaired) electrons. The van der Waals surface area contributed by atoms with Gasteiger partial charge in [0.15, 0.2) is 11.5 Å². The van der Waals surface area contributed by atoms with Crippen molar-refractivity contribution in [1.82, 2.24) is 5.32 Å². The van der Waals surface area contributed by atoms with Crippen LogP contribution in [0.4, 0.5) is 0 Å². The molecule has 0 heterocycles. The van der Waals surface area contributed by atoms with Gasteiger partial charge in [-0.2, -0.15) is 0 Å². The Bertz CT molecular complexity index is 848. The highest BCUT2D eigenvalue weighted by Gasteiger charge is 2.30. The van der Waals surface area contributed by atoms with Crippen molar-refractivity contribution in [2.75, 3.05) is 27.4 Å². The smallest absolute Gasteiger partial charge is 0.223 e. The molecular weight excluding hydrogens is 486 g/mol. The lowest BCUT2D eigenvalue weighted by Gasteiger charge is -2.30. The van der Waals surface area contributed by atoms with Crippen LogP contribution >= 0.6 is 0 Å². The van der Waals surface area contributed by atoms with Crippen LogP contribution < -0.4 is 26.3 Å². The van der Waals surface area contributed by atoms with Crippen LogP contribution in [0.1, 0.15) is 65.9 Å². The molecule has 0 aliphatic carbocycles. The summed E-state index contributed by atoms with van der Waals surface area (Å²) in [5.41, 5.74) is 12.8. The predicted octanol–water partition coefficient (Wildman–Crippen LogP) is 3.05. The van der Waals surface area contributed by atoms with Crippen LogP contribution in [-0.4, -0.2) is 62.5 Å². The van der Waals surface area contributed by atoms with E-state index in [4.69, 9.17) is 25.7 Å². The Morgan fingerprint density at radius 1 is 1.00 bits per heavy atom. The first kappa shape index (κ1) is 33.7. The Balaban J connectivity index is 2.86. The average molecular weight is 538 g/mol. The summed E-state index contributed by atoms with van der Waals surface area (Å²) in [6, 6.07) is 5.11. The normalized spacial score (nSPS) is 15.6. The molecule has 0 saturated carbocycles. The maximum absolute atomic E-state index is 12.9. The van der Waals surface area contributed by atoms with Crippen molar-refractivity contribution < 1.29 is 28.9 Å². The zero-order chi connectivity index (χ0) is 28.8. The van der Waals surface area contributed by atoms with Gasteiger partial charge in [0, 0.05) is 44.6 Å². The summed E-state index contributed by atoms with van der Waals surface area (Å²) in [7, 11) is 3.29. The molecule has 9 nitrogen and oxygen atoms in total. The fraction of sp³-hybridized carbons (Fsp3) is 0.724. The molecule has 0 spiro atoms. The number of nitrogens with one attached hydrogen (secondary N) is 1. The highest BCUT2D eigenvalue weighted by Crippen LogP contribution is 2.31. The van der Waals surface area contributed by atoms with E-state index < -0.39 is 24.0 Å². The highest BCUT2D eigenvalue weighted by atomic mass is 16.5. The number of nitrogens with two attached hydrogens (primary N) is 2. The number of rotatable bonds is 19. The van der Waals surface area contributed by atoms with Gasteiger partial charge in [0.1, 0.15) is 0 Å². The molecule has 0 saturated heterocycles. The Labute approximate surface area is 229 Å². The van der Waals surface area contributed by atoms with E-state index in [0.717, 1.165) is 18.4 Å². The first-order valence-corrected chi connectivity index (χ1v) is 13.7. The first-order valence-electron chi connectivity index (χ1n) is 13.7. The molecule has 0 aliphatic heterocycles. The van der Waals surface area contributed by atoms with Crippen molar-refractivity contribution in [1.29, 1.82) is 0 Å². The highest BCUT2D eigenvalue weighted by molar-refractivity contribution is 5.80. The number of aliphatic hydroxyl groups excluding tert-OH is 1. The Morgan fingerprint density at radius 3 is 2.24 bits per heavy atom. The molecule has 0 fully saturated rings. The minimum absolute atomic E-state index is 0.000123. The Kier molecular flexibility index (Phi) is 15.3. The van der Waals surface area contributed by atoms with Crippen LogP contribution in [0.5, 0.6) is 11.5 Å². The zero-order valence-electron chi connectivity index (χ0n) is 24.4. The van der Waals surface area contributed by atoms with E-state index in [-0.39, 0.29) is 36.6 Å². The number of amides is 2. The van der Waals surface area contributed by atoms with E-state index in [9.17, 15) is 14.7 Å². The fourth-order valence-electron chi connectivity index (χ4n) is 4.57. The molecular formula is C29H51N3O6. The van der Waals surface area contributed by atoms with Crippen LogP contribution in [0, 0.1) is 23.7 Å². The second kappa shape index (κ2) is 17.3. The second-order valence-electron chi connectivity index (χ2n) is 11.0. The fourth-order valence-corrected chi connectivity index (χ4v) is 4.57. The van der Waals surface area contributed by atoms with Gasteiger partial charge in [-0.1, -0.05) is 33.8 Å². The molecule has 9 heteroatoms. The lowest BCUT2D eigenvalue weighted by molar-refractivity contribution is -0.128. The molecule has 5 atom stereocenters. The van der Waals surface area contributed by atoms with Crippen molar-refractivity contribution in [3.05, 3.63) is 23.8 Å². The van der Waals surface area contributed by atoms with Crippen molar-refractivity contribution in [3.8, 4) is 11.5 Å². The van der Waals surface area contributed by atoms with Gasteiger partial charge in [-0.15, -0.1) is 0 Å². The SMILES string of the molecule is COCCCOc1cc(C[C@@H](C[C@H](N)[C@@H](O)C[C@H](C(=O)N[C@@H](C)CC(N)=O)C(C)C)C(C)C)ccc1OC. The van der Waals surface area contributed by atoms with Crippen molar-refractivity contribution >= 4 is 11.8 Å². The summed E-state index contributed by atoms with van der Waals surface area (Å²) >= 11 is 0. The van der Waals surface area contributed by atoms with Crippen LogP contribution in [0.15, 0.2) is 18.2 Å². The van der Waals surface area contributed by atoms with E-state index in [1.165, 1.54) is 0 Å². The van der Waals surface area contributed by atoms with Crippen molar-refractivity contribution in [2.24, 2.45) is 35.1 Å². The molecule has 0 unspecified atom stereocenters. The molecule has 6 N–H and O–H groups in total. The lowest BCUT2D eigenvalue weighted by Crippen LogP contribution is -2.45. The number of hydrogen-bond donors (Lipinski definition) is 4. The molecule has 2 amide bonds. The quantitative estimate of drug-likeness (QED) is 0.198. The van der Waals surface area contributed by atoms with Gasteiger partial charge in [-0.25, -0.2) is 0 Å². The minimum Gasteiger partial charge on any atom is -0.493 e. The van der Waals surface area contributed by atoms with Crippen molar-refractivity contribution in [3.63, 3.8) is 0 Å². The Morgan fingerprint density at radius 2 is 1.68 bits per heavy atom. The summed E-state index contributed by atoms with van der Waals surface area (Å²) in [5, 5.41) is 13.8. The van der Waals surface area contributed by atoms with Gasteiger partial charge < -0.3 is 36.1 Å². The number of hydrogen-bond acceptors (Lipinski definition) is 7. The van der Waals surface area contributed by atoms with Crippen LogP contribution in [-0.2, 0) is 20.7 Å². The maximum Gasteiger partial charge on any atom is 0.223 e. The van der Waals surface area contributed by atoms with Crippen LogP contribution in [0.2, 0.25) is 0 Å². The number of carbonyl (C=O) groups excluding carboxylic acids is 2. The summed E-state index contributed by atoms with van der Waals surface area (Å²) in [6.07, 6.45) is 1.65. The predicted molar refractivity (Wildman–Crippen MR) is 150 cm³/mol. The summed E-state index contributed by atoms with van der Waals surface area (Å²) in [4.78, 5) is 24.0. The van der Waals surface area contributed by atoms with Gasteiger partial charge in [-0.05, 0) is 61.6 Å². The molecule has 38 heavy (non-hydrogen) atoms. The number of methoxy groups -OCH3 is 2. The second-order valence-corrected chi connectivity index (χ2v) is 11.0. The number of aliphatic hydroxyl groups is 1. The largest absolute Gasteiger partial charge is 0.493 e. The number of ether oxygens (including phenoxy) is 3. The van der Waals surface area contributed by atoms with Crippen LogP contribution in [0.3, 0.4) is 0 Å². The summed E-state index contributed by atoms with van der Waals surface area (Å²) in [5.74, 6) is 0.839. The topological polar surface area (TPSA) is 146 Å². The monoisotopic (exact) mass is 537 g/mol. The van der Waals surface area contributed by atoms with E-state index in [0.29, 0.717) is 37.1 Å². The summed E-state index contributed by atoms with van der Waals surface area (Å²) < 4.78 is 16.5. The number of benzene rings is 1. The van der Waals surface area contributed by atoms with E-state index >= 15 is 0 Å². The van der Waals surface area contributed by atoms with Gasteiger partial charge in [0.25, 0.3) is 0 Å². The third-order valence-corrected chi connectivity index (χ3v) is 7.02. The minimum atomic E-state index is -0.837. The first-order chi connectivity index (χ1) is 17.9. The summed E-state index contributed by atoms with van der Waals surface area (Å²) in [6.45, 7) is 11.1. The molecule has 0 aliphatic rings. The number of carbonyl (C=O) groups is 2. The van der Waals surface area contributed by atoms with Crippen LogP contribution in [0.25, 0.3) is 0 Å². The van der Waals surface area contributed by atoms with E-state index in [1.807, 2.05) is 32.0 Å². The molecule has 1 aromatic carbocycles. The third-order valence-electron chi connectivity index (χ3n) is 7.02. The van der Waals surface area contributed by atoms with Gasteiger partial charge in [0.2, 0.25) is 11.8 Å². The molecule has 218 valence electrons. The van der Waals surface area contributed by atoms with Gasteiger partial charge >= 0.3 is 0 Å². The van der Waals surface area contributed by atoms with Gasteiger partial charge in [0.05, 0.1) is 19.8 Å². The molecule has 1 aromatic rings. The maximum atomic E-state index is 12.9. The van der Waals surface area contributed by atoms with Gasteiger partial charge in [-0.3, -0.25) is 9.59 Å². The lowest BCUT2D eigenvalue weighted by atomic mass is 9.80. The molecule has 0 bridgehead atoms. The Hall–Kier alpha value is -2.36.